The Bertz CT molecular complexity index is 767. The van der Waals surface area contributed by atoms with Crippen molar-refractivity contribution in [2.75, 3.05) is 7.11 Å². The van der Waals surface area contributed by atoms with Crippen LogP contribution >= 0.6 is 0 Å². The molecule has 0 saturated heterocycles. The number of aryl methyl sites for hydroxylation is 2. The fourth-order valence-corrected chi connectivity index (χ4v) is 3.75. The van der Waals surface area contributed by atoms with Gasteiger partial charge < -0.3 is 4.74 Å². The first-order valence-electron chi connectivity index (χ1n) is 7.63. The summed E-state index contributed by atoms with van der Waals surface area (Å²) in [5.41, 5.74) is 2.96. The number of nitrogens with one attached hydrogen (secondary N) is 1. The molecule has 1 N–H and O–H groups in total. The predicted molar refractivity (Wildman–Crippen MR) is 92.3 cm³/mol. The van der Waals surface area contributed by atoms with Crippen molar-refractivity contribution in [1.82, 2.24) is 4.72 Å². The Kier molecular flexibility index (Phi) is 5.44. The van der Waals surface area contributed by atoms with Gasteiger partial charge in [0.15, 0.2) is 0 Å². The summed E-state index contributed by atoms with van der Waals surface area (Å²) in [5.74, 6) is 0.673. The van der Waals surface area contributed by atoms with Crippen molar-refractivity contribution in [2.24, 2.45) is 0 Å². The van der Waals surface area contributed by atoms with Crippen molar-refractivity contribution in [3.05, 3.63) is 59.2 Å². The lowest BCUT2D eigenvalue weighted by molar-refractivity contribution is 0.411. The predicted octanol–water partition coefficient (Wildman–Crippen LogP) is 3.61. The Hall–Kier alpha value is -1.85. The highest BCUT2D eigenvalue weighted by Crippen LogP contribution is 2.23. The first kappa shape index (κ1) is 17.5. The lowest BCUT2D eigenvalue weighted by Gasteiger charge is -2.16. The SMILES string of the molecule is CCc1ccc(C(C)NS(=O)(=O)c2ccc(OC)c(C)c2)cc1. The summed E-state index contributed by atoms with van der Waals surface area (Å²) >= 11 is 0. The zero-order valence-electron chi connectivity index (χ0n) is 14.0. The van der Waals surface area contributed by atoms with E-state index in [0.29, 0.717) is 5.75 Å². The lowest BCUT2D eigenvalue weighted by Crippen LogP contribution is -2.27. The fourth-order valence-electron chi connectivity index (χ4n) is 2.43. The van der Waals surface area contributed by atoms with Gasteiger partial charge in [0.05, 0.1) is 12.0 Å². The summed E-state index contributed by atoms with van der Waals surface area (Å²) in [6, 6.07) is 12.5. The molecule has 124 valence electrons. The van der Waals surface area contributed by atoms with Gasteiger partial charge in [-0.3, -0.25) is 0 Å². The maximum atomic E-state index is 12.5. The van der Waals surface area contributed by atoms with Crippen molar-refractivity contribution >= 4 is 10.0 Å². The maximum absolute atomic E-state index is 12.5. The first-order chi connectivity index (χ1) is 10.9. The van der Waals surface area contributed by atoms with Crippen molar-refractivity contribution < 1.29 is 13.2 Å². The number of hydrogen-bond acceptors (Lipinski definition) is 3. The third kappa shape index (κ3) is 4.12. The lowest BCUT2D eigenvalue weighted by atomic mass is 10.1. The quantitative estimate of drug-likeness (QED) is 0.878. The Morgan fingerprint density at radius 3 is 2.30 bits per heavy atom. The van der Waals surface area contributed by atoms with Crippen LogP contribution < -0.4 is 9.46 Å². The third-order valence-electron chi connectivity index (χ3n) is 3.90. The molecule has 0 spiro atoms. The largest absolute Gasteiger partial charge is 0.496 e. The molecule has 2 aromatic rings. The van der Waals surface area contributed by atoms with E-state index in [4.69, 9.17) is 4.74 Å². The molecular formula is C18H23NO3S. The van der Waals surface area contributed by atoms with E-state index in [1.807, 2.05) is 38.1 Å². The molecule has 0 aliphatic heterocycles. The van der Waals surface area contributed by atoms with Gasteiger partial charge in [0.2, 0.25) is 10.0 Å². The molecule has 0 aliphatic carbocycles. The molecular weight excluding hydrogens is 310 g/mol. The van der Waals surface area contributed by atoms with Gasteiger partial charge >= 0.3 is 0 Å². The average Bonchev–Trinajstić information content (AvgIpc) is 2.54. The zero-order chi connectivity index (χ0) is 17.0. The third-order valence-corrected chi connectivity index (χ3v) is 5.43. The van der Waals surface area contributed by atoms with Gasteiger partial charge in [-0.05, 0) is 55.2 Å². The zero-order valence-corrected chi connectivity index (χ0v) is 14.8. The monoisotopic (exact) mass is 333 g/mol. The number of benzene rings is 2. The number of sulfonamides is 1. The highest BCUT2D eigenvalue weighted by atomic mass is 32.2. The van der Waals surface area contributed by atoms with Gasteiger partial charge in [-0.15, -0.1) is 0 Å². The molecule has 2 aromatic carbocycles. The van der Waals surface area contributed by atoms with E-state index in [2.05, 4.69) is 11.6 Å². The van der Waals surface area contributed by atoms with Crippen LogP contribution in [0.2, 0.25) is 0 Å². The van der Waals surface area contributed by atoms with E-state index in [1.165, 1.54) is 5.56 Å². The van der Waals surface area contributed by atoms with Crippen molar-refractivity contribution in [1.29, 1.82) is 0 Å². The standard InChI is InChI=1S/C18H23NO3S/c1-5-15-6-8-16(9-7-15)14(3)19-23(20,21)17-10-11-18(22-4)13(2)12-17/h6-12,14,19H,5H2,1-4H3. The molecule has 0 aliphatic rings. The molecule has 0 aromatic heterocycles. The second-order valence-corrected chi connectivity index (χ2v) is 7.28. The normalized spacial score (nSPS) is 12.9. The highest BCUT2D eigenvalue weighted by Gasteiger charge is 2.19. The minimum atomic E-state index is -3.58. The second kappa shape index (κ2) is 7.15. The van der Waals surface area contributed by atoms with Gasteiger partial charge in [-0.2, -0.15) is 0 Å². The van der Waals surface area contributed by atoms with E-state index in [1.54, 1.807) is 25.3 Å². The van der Waals surface area contributed by atoms with Crippen LogP contribution in [-0.4, -0.2) is 15.5 Å². The summed E-state index contributed by atoms with van der Waals surface area (Å²) in [7, 11) is -2.01. The Labute approximate surface area is 138 Å². The van der Waals surface area contributed by atoms with E-state index in [9.17, 15) is 8.42 Å². The van der Waals surface area contributed by atoms with Crippen molar-refractivity contribution in [2.45, 2.75) is 38.1 Å². The van der Waals surface area contributed by atoms with Crippen LogP contribution in [0.1, 0.15) is 36.6 Å². The Balaban J connectivity index is 2.21. The molecule has 0 fully saturated rings. The van der Waals surface area contributed by atoms with E-state index >= 15 is 0 Å². The summed E-state index contributed by atoms with van der Waals surface area (Å²) in [6.07, 6.45) is 0.964. The van der Waals surface area contributed by atoms with Crippen LogP contribution in [0.15, 0.2) is 47.4 Å². The fraction of sp³-hybridized carbons (Fsp3) is 0.333. The molecule has 0 heterocycles. The first-order valence-corrected chi connectivity index (χ1v) is 9.11. The van der Waals surface area contributed by atoms with Crippen LogP contribution in [0.3, 0.4) is 0 Å². The molecule has 0 amide bonds. The molecule has 5 heteroatoms. The summed E-state index contributed by atoms with van der Waals surface area (Å²) < 4.78 is 33.0. The second-order valence-electron chi connectivity index (χ2n) is 5.57. The van der Waals surface area contributed by atoms with Gasteiger partial charge in [0, 0.05) is 6.04 Å². The minimum absolute atomic E-state index is 0.243. The topological polar surface area (TPSA) is 55.4 Å². The van der Waals surface area contributed by atoms with Gasteiger partial charge in [-0.1, -0.05) is 31.2 Å². The summed E-state index contributed by atoms with van der Waals surface area (Å²) in [6.45, 7) is 5.76. The minimum Gasteiger partial charge on any atom is -0.496 e. The molecule has 4 nitrogen and oxygen atoms in total. The van der Waals surface area contributed by atoms with Crippen LogP contribution in [0.5, 0.6) is 5.75 Å². The van der Waals surface area contributed by atoms with Crippen molar-refractivity contribution in [3.8, 4) is 5.75 Å². The highest BCUT2D eigenvalue weighted by molar-refractivity contribution is 7.89. The Morgan fingerprint density at radius 1 is 1.13 bits per heavy atom. The van der Waals surface area contributed by atoms with E-state index < -0.39 is 10.0 Å². The van der Waals surface area contributed by atoms with Gasteiger partial charge in [-0.25, -0.2) is 13.1 Å². The number of methoxy groups -OCH3 is 1. The number of rotatable bonds is 6. The molecule has 0 radical (unpaired) electrons. The van der Waals surface area contributed by atoms with E-state index in [0.717, 1.165) is 17.5 Å². The summed E-state index contributed by atoms with van der Waals surface area (Å²) in [5, 5.41) is 0. The molecule has 1 atom stereocenters. The van der Waals surface area contributed by atoms with Gasteiger partial charge in [0.1, 0.15) is 5.75 Å². The molecule has 2 rings (SSSR count). The van der Waals surface area contributed by atoms with E-state index in [-0.39, 0.29) is 10.9 Å². The molecule has 0 saturated carbocycles. The molecule has 1 unspecified atom stereocenters. The average molecular weight is 333 g/mol. The van der Waals surface area contributed by atoms with Crippen LogP contribution in [-0.2, 0) is 16.4 Å². The smallest absolute Gasteiger partial charge is 0.241 e. The van der Waals surface area contributed by atoms with Crippen LogP contribution in [0.25, 0.3) is 0 Å². The maximum Gasteiger partial charge on any atom is 0.241 e. The molecule has 0 bridgehead atoms. The van der Waals surface area contributed by atoms with Crippen LogP contribution in [0.4, 0.5) is 0 Å². The number of ether oxygens (including phenoxy) is 1. The molecule has 23 heavy (non-hydrogen) atoms. The Morgan fingerprint density at radius 2 is 1.78 bits per heavy atom. The van der Waals surface area contributed by atoms with Gasteiger partial charge in [0.25, 0.3) is 0 Å². The summed E-state index contributed by atoms with van der Waals surface area (Å²) in [4.78, 5) is 0.243. The van der Waals surface area contributed by atoms with Crippen LogP contribution in [0, 0.1) is 6.92 Å². The number of hydrogen-bond donors (Lipinski definition) is 1. The van der Waals surface area contributed by atoms with Crippen molar-refractivity contribution in [3.63, 3.8) is 0 Å².